The van der Waals surface area contributed by atoms with E-state index in [1.165, 1.54) is 12.3 Å². The van der Waals surface area contributed by atoms with E-state index in [1.807, 2.05) is 0 Å². The van der Waals surface area contributed by atoms with Gasteiger partial charge < -0.3 is 9.84 Å². The molecule has 0 aliphatic heterocycles. The normalized spacial score (nSPS) is 10.9. The van der Waals surface area contributed by atoms with Gasteiger partial charge >= 0.3 is 11.9 Å². The molecule has 1 rings (SSSR count). The molecule has 5 heteroatoms. The fraction of sp³-hybridized carbons (Fsp3) is 0.364. The van der Waals surface area contributed by atoms with Crippen LogP contribution in [0.4, 0.5) is 0 Å². The third kappa shape index (κ3) is 3.05. The highest BCUT2D eigenvalue weighted by Crippen LogP contribution is 2.14. The zero-order valence-electron chi connectivity index (χ0n) is 9.35. The first-order chi connectivity index (χ1) is 7.31. The number of pyridine rings is 1. The molecule has 86 valence electrons. The van der Waals surface area contributed by atoms with E-state index >= 15 is 0 Å². The van der Waals surface area contributed by atoms with Gasteiger partial charge in [0.05, 0.1) is 11.1 Å². The molecule has 0 aliphatic carbocycles. The van der Waals surface area contributed by atoms with Gasteiger partial charge in [-0.3, -0.25) is 4.98 Å². The molecule has 0 saturated heterocycles. The van der Waals surface area contributed by atoms with Crippen molar-refractivity contribution in [2.24, 2.45) is 0 Å². The summed E-state index contributed by atoms with van der Waals surface area (Å²) in [7, 11) is 0. The number of hydrogen-bond donors (Lipinski definition) is 1. The molecule has 0 aromatic carbocycles. The van der Waals surface area contributed by atoms with Crippen LogP contribution in [0, 0.1) is 0 Å². The van der Waals surface area contributed by atoms with Crippen LogP contribution in [0.5, 0.6) is 0 Å². The number of carbonyl (C=O) groups is 2. The van der Waals surface area contributed by atoms with Crippen molar-refractivity contribution in [1.29, 1.82) is 0 Å². The van der Waals surface area contributed by atoms with E-state index in [1.54, 1.807) is 20.8 Å². The number of carboxylic acid groups (broad SMARTS) is 1. The molecule has 1 aromatic heterocycles. The van der Waals surface area contributed by atoms with E-state index in [2.05, 4.69) is 4.98 Å². The Hall–Kier alpha value is -1.91. The molecule has 0 unspecified atom stereocenters. The average molecular weight is 223 g/mol. The van der Waals surface area contributed by atoms with Crippen molar-refractivity contribution in [3.05, 3.63) is 29.6 Å². The van der Waals surface area contributed by atoms with Crippen molar-refractivity contribution in [2.75, 3.05) is 0 Å². The molecule has 1 heterocycles. The molecule has 0 radical (unpaired) electrons. The maximum absolute atomic E-state index is 11.7. The molecular weight excluding hydrogens is 210 g/mol. The summed E-state index contributed by atoms with van der Waals surface area (Å²) in [6.45, 7) is 5.14. The molecular formula is C11H13NO4. The van der Waals surface area contributed by atoms with Crippen LogP contribution < -0.4 is 0 Å². The maximum atomic E-state index is 11.7. The van der Waals surface area contributed by atoms with Crippen molar-refractivity contribution in [1.82, 2.24) is 4.98 Å². The van der Waals surface area contributed by atoms with E-state index in [0.717, 1.165) is 6.20 Å². The topological polar surface area (TPSA) is 76.5 Å². The Morgan fingerprint density at radius 1 is 1.31 bits per heavy atom. The summed E-state index contributed by atoms with van der Waals surface area (Å²) in [4.78, 5) is 26.2. The Balaban J connectivity index is 3.04. The third-order valence-corrected chi connectivity index (χ3v) is 1.67. The van der Waals surface area contributed by atoms with Crippen LogP contribution >= 0.6 is 0 Å². The number of carboxylic acids is 1. The van der Waals surface area contributed by atoms with Crippen LogP contribution in [0.25, 0.3) is 0 Å². The first-order valence-corrected chi connectivity index (χ1v) is 4.72. The number of hydrogen-bond acceptors (Lipinski definition) is 4. The van der Waals surface area contributed by atoms with Crippen LogP contribution in [0.1, 0.15) is 41.5 Å². The number of aromatic nitrogens is 1. The summed E-state index contributed by atoms with van der Waals surface area (Å²) >= 11 is 0. The lowest BCUT2D eigenvalue weighted by Gasteiger charge is -2.19. The van der Waals surface area contributed by atoms with E-state index in [9.17, 15) is 9.59 Å². The van der Waals surface area contributed by atoms with Crippen molar-refractivity contribution >= 4 is 11.9 Å². The van der Waals surface area contributed by atoms with Gasteiger partial charge in [-0.2, -0.15) is 0 Å². The largest absolute Gasteiger partial charge is 0.478 e. The monoisotopic (exact) mass is 223 g/mol. The third-order valence-electron chi connectivity index (χ3n) is 1.67. The molecule has 0 aliphatic rings. The summed E-state index contributed by atoms with van der Waals surface area (Å²) < 4.78 is 5.08. The van der Waals surface area contributed by atoms with Crippen LogP contribution in [0.3, 0.4) is 0 Å². The van der Waals surface area contributed by atoms with E-state index in [0.29, 0.717) is 0 Å². The van der Waals surface area contributed by atoms with Gasteiger partial charge in [-0.25, -0.2) is 9.59 Å². The summed E-state index contributed by atoms with van der Waals surface area (Å²) in [5.41, 5.74) is -0.801. The average Bonchev–Trinajstić information content (AvgIpc) is 2.15. The number of carbonyl (C=O) groups excluding carboxylic acids is 1. The number of ether oxygens (including phenoxy) is 1. The fourth-order valence-corrected chi connectivity index (χ4v) is 1.08. The van der Waals surface area contributed by atoms with Crippen LogP contribution in [-0.4, -0.2) is 27.6 Å². The van der Waals surface area contributed by atoms with Gasteiger partial charge in [0.25, 0.3) is 0 Å². The van der Waals surface area contributed by atoms with Gasteiger partial charge in [-0.05, 0) is 26.8 Å². The van der Waals surface area contributed by atoms with Crippen molar-refractivity contribution in [3.63, 3.8) is 0 Å². The lowest BCUT2D eigenvalue weighted by atomic mass is 10.1. The van der Waals surface area contributed by atoms with Gasteiger partial charge in [-0.15, -0.1) is 0 Å². The van der Waals surface area contributed by atoms with Crippen LogP contribution in [0.15, 0.2) is 18.5 Å². The van der Waals surface area contributed by atoms with Crippen molar-refractivity contribution in [3.8, 4) is 0 Å². The highest BCUT2D eigenvalue weighted by molar-refractivity contribution is 6.02. The smallest absolute Gasteiger partial charge is 0.339 e. The SMILES string of the molecule is CC(C)(C)OC(=O)c1ccncc1C(=O)O. The predicted octanol–water partition coefficient (Wildman–Crippen LogP) is 1.74. The molecule has 0 fully saturated rings. The number of rotatable bonds is 2. The zero-order chi connectivity index (χ0) is 12.3. The highest BCUT2D eigenvalue weighted by Gasteiger charge is 2.22. The minimum absolute atomic E-state index is 0.0115. The van der Waals surface area contributed by atoms with Gasteiger partial charge in [-0.1, -0.05) is 0 Å². The fourth-order valence-electron chi connectivity index (χ4n) is 1.08. The Morgan fingerprint density at radius 3 is 2.44 bits per heavy atom. The summed E-state index contributed by atoms with van der Waals surface area (Å²) in [6, 6.07) is 1.33. The second-order valence-electron chi connectivity index (χ2n) is 4.23. The van der Waals surface area contributed by atoms with E-state index < -0.39 is 17.5 Å². The summed E-state index contributed by atoms with van der Waals surface area (Å²) in [5.74, 6) is -1.86. The predicted molar refractivity (Wildman–Crippen MR) is 56.4 cm³/mol. The highest BCUT2D eigenvalue weighted by atomic mass is 16.6. The molecule has 1 N–H and O–H groups in total. The van der Waals surface area contributed by atoms with Crippen LogP contribution in [-0.2, 0) is 4.74 Å². The number of nitrogens with zero attached hydrogens (tertiary/aromatic N) is 1. The molecule has 0 bridgehead atoms. The summed E-state index contributed by atoms with van der Waals surface area (Å²) in [6.07, 6.45) is 2.48. The Kier molecular flexibility index (Phi) is 3.27. The second-order valence-corrected chi connectivity index (χ2v) is 4.23. The number of aromatic carboxylic acids is 1. The summed E-state index contributed by atoms with van der Waals surface area (Å²) in [5, 5.41) is 8.87. The maximum Gasteiger partial charge on any atom is 0.339 e. The Labute approximate surface area is 93.1 Å². The minimum Gasteiger partial charge on any atom is -0.478 e. The van der Waals surface area contributed by atoms with Crippen molar-refractivity contribution in [2.45, 2.75) is 26.4 Å². The van der Waals surface area contributed by atoms with Crippen molar-refractivity contribution < 1.29 is 19.4 Å². The van der Waals surface area contributed by atoms with Gasteiger partial charge in [0.15, 0.2) is 0 Å². The van der Waals surface area contributed by atoms with E-state index in [-0.39, 0.29) is 11.1 Å². The molecule has 0 saturated carbocycles. The second kappa shape index (κ2) is 4.30. The number of esters is 1. The van der Waals surface area contributed by atoms with Gasteiger partial charge in [0.1, 0.15) is 5.60 Å². The lowest BCUT2D eigenvalue weighted by molar-refractivity contribution is 0.00657. The van der Waals surface area contributed by atoms with E-state index in [4.69, 9.17) is 9.84 Å². The zero-order valence-corrected chi connectivity index (χ0v) is 9.35. The standard InChI is InChI=1S/C11H13NO4/c1-11(2,3)16-10(15)7-4-5-12-6-8(7)9(13)14/h4-6H,1-3H3,(H,13,14). The minimum atomic E-state index is -1.20. The lowest BCUT2D eigenvalue weighted by Crippen LogP contribution is -2.25. The Bertz CT molecular complexity index is 420. The Morgan fingerprint density at radius 2 is 1.94 bits per heavy atom. The van der Waals surface area contributed by atoms with Gasteiger partial charge in [0.2, 0.25) is 0 Å². The molecule has 0 spiro atoms. The molecule has 1 aromatic rings. The van der Waals surface area contributed by atoms with Gasteiger partial charge in [0, 0.05) is 12.4 Å². The first-order valence-electron chi connectivity index (χ1n) is 4.72. The molecule has 0 atom stereocenters. The quantitative estimate of drug-likeness (QED) is 0.772. The van der Waals surface area contributed by atoms with Crippen LogP contribution in [0.2, 0.25) is 0 Å². The molecule has 5 nitrogen and oxygen atoms in total. The molecule has 16 heavy (non-hydrogen) atoms. The first kappa shape index (κ1) is 12.2. The molecule has 0 amide bonds.